The number of benzene rings is 1. The number of carbonyl (C=O) groups excluding carboxylic acids is 1. The Hall–Kier alpha value is -0.480. The fraction of sp³-hybridized carbons (Fsp3) is 0.0833. The average molecular weight is 303 g/mol. The Balaban J connectivity index is 1.97. The molecule has 0 bridgehead atoms. The summed E-state index contributed by atoms with van der Waals surface area (Å²) in [4.78, 5) is 13.5. The first-order valence-corrected chi connectivity index (χ1v) is 7.38. The van der Waals surface area contributed by atoms with Gasteiger partial charge in [-0.05, 0) is 30.3 Å². The highest BCUT2D eigenvalue weighted by Crippen LogP contribution is 2.26. The van der Waals surface area contributed by atoms with Gasteiger partial charge >= 0.3 is 0 Å². The van der Waals surface area contributed by atoms with Crippen molar-refractivity contribution >= 4 is 52.1 Å². The summed E-state index contributed by atoms with van der Waals surface area (Å²) in [6, 6.07) is 11.0. The highest BCUT2D eigenvalue weighted by Gasteiger charge is 2.09. The Morgan fingerprint density at radius 2 is 2.06 bits per heavy atom. The minimum atomic E-state index is 0.0897. The Kier molecular flexibility index (Phi) is 4.51. The van der Waals surface area contributed by atoms with E-state index in [1.165, 1.54) is 23.1 Å². The second-order valence-corrected chi connectivity index (χ2v) is 6.47. The standard InChI is InChI=1S/C12H8Cl2OS2/c13-8-2-1-3-9(6-8)16-7-10(15)11-4-5-12(14)17-11/h1-6H,7H2. The van der Waals surface area contributed by atoms with Crippen molar-refractivity contribution in [3.63, 3.8) is 0 Å². The summed E-state index contributed by atoms with van der Waals surface area (Å²) in [5, 5.41) is 0.682. The van der Waals surface area contributed by atoms with E-state index >= 15 is 0 Å². The van der Waals surface area contributed by atoms with Gasteiger partial charge in [0.05, 0.1) is 15.0 Å². The fourth-order valence-electron chi connectivity index (χ4n) is 1.24. The lowest BCUT2D eigenvalue weighted by atomic mass is 10.3. The van der Waals surface area contributed by atoms with Gasteiger partial charge in [-0.3, -0.25) is 4.79 Å². The maximum atomic E-state index is 11.8. The van der Waals surface area contributed by atoms with Gasteiger partial charge in [-0.15, -0.1) is 23.1 Å². The zero-order chi connectivity index (χ0) is 12.3. The summed E-state index contributed by atoms with van der Waals surface area (Å²) in [7, 11) is 0. The van der Waals surface area contributed by atoms with Gasteiger partial charge < -0.3 is 0 Å². The average Bonchev–Trinajstić information content (AvgIpc) is 2.73. The van der Waals surface area contributed by atoms with E-state index in [1.54, 1.807) is 12.1 Å². The van der Waals surface area contributed by atoms with Crippen LogP contribution in [-0.2, 0) is 0 Å². The normalized spacial score (nSPS) is 10.5. The lowest BCUT2D eigenvalue weighted by Crippen LogP contribution is -1.98. The first-order chi connectivity index (χ1) is 8.15. The smallest absolute Gasteiger partial charge is 0.183 e. The van der Waals surface area contributed by atoms with E-state index in [9.17, 15) is 4.79 Å². The molecule has 0 radical (unpaired) electrons. The van der Waals surface area contributed by atoms with Crippen LogP contribution in [0.5, 0.6) is 0 Å². The van der Waals surface area contributed by atoms with E-state index in [1.807, 2.05) is 24.3 Å². The molecule has 1 heterocycles. The first-order valence-electron chi connectivity index (χ1n) is 4.82. The van der Waals surface area contributed by atoms with Crippen molar-refractivity contribution in [3.05, 3.63) is 50.6 Å². The van der Waals surface area contributed by atoms with Crippen molar-refractivity contribution in [1.82, 2.24) is 0 Å². The minimum Gasteiger partial charge on any atom is -0.292 e. The molecule has 0 aliphatic rings. The van der Waals surface area contributed by atoms with Crippen LogP contribution in [0.1, 0.15) is 9.67 Å². The second-order valence-electron chi connectivity index (χ2n) is 3.27. The Morgan fingerprint density at radius 1 is 1.24 bits per heavy atom. The summed E-state index contributed by atoms with van der Waals surface area (Å²) >= 11 is 14.4. The number of carbonyl (C=O) groups is 1. The molecular formula is C12H8Cl2OS2. The van der Waals surface area contributed by atoms with Crippen LogP contribution in [0, 0.1) is 0 Å². The molecule has 1 aromatic heterocycles. The van der Waals surface area contributed by atoms with E-state index in [0.29, 0.717) is 20.0 Å². The monoisotopic (exact) mass is 302 g/mol. The molecule has 2 rings (SSSR count). The van der Waals surface area contributed by atoms with Gasteiger partial charge in [-0.25, -0.2) is 0 Å². The number of thiophene rings is 1. The molecular weight excluding hydrogens is 295 g/mol. The third-order valence-electron chi connectivity index (χ3n) is 2.01. The second kappa shape index (κ2) is 5.91. The van der Waals surface area contributed by atoms with E-state index < -0.39 is 0 Å². The maximum Gasteiger partial charge on any atom is 0.183 e. The molecule has 0 atom stereocenters. The number of hydrogen-bond donors (Lipinski definition) is 0. The number of Topliss-reactive ketones (excluding diaryl/α,β-unsaturated/α-hetero) is 1. The largest absolute Gasteiger partial charge is 0.292 e. The molecule has 0 aliphatic carbocycles. The van der Waals surface area contributed by atoms with E-state index in [4.69, 9.17) is 23.2 Å². The van der Waals surface area contributed by atoms with Crippen molar-refractivity contribution in [2.45, 2.75) is 4.90 Å². The summed E-state index contributed by atoms with van der Waals surface area (Å²) < 4.78 is 0.640. The summed E-state index contributed by atoms with van der Waals surface area (Å²) in [6.07, 6.45) is 0. The van der Waals surface area contributed by atoms with Gasteiger partial charge in [0.1, 0.15) is 0 Å². The number of hydrogen-bond acceptors (Lipinski definition) is 3. The molecule has 88 valence electrons. The Labute approximate surface area is 118 Å². The molecule has 0 amide bonds. The van der Waals surface area contributed by atoms with Gasteiger partial charge in [0.15, 0.2) is 5.78 Å². The van der Waals surface area contributed by atoms with Crippen LogP contribution >= 0.6 is 46.3 Å². The lowest BCUT2D eigenvalue weighted by Gasteiger charge is -2.00. The van der Waals surface area contributed by atoms with Crippen LogP contribution in [0.15, 0.2) is 41.3 Å². The van der Waals surface area contributed by atoms with Crippen LogP contribution in [0.3, 0.4) is 0 Å². The number of thioether (sulfide) groups is 1. The molecule has 2 aromatic rings. The Bertz CT molecular complexity index is 537. The van der Waals surface area contributed by atoms with Crippen LogP contribution in [0.2, 0.25) is 9.36 Å². The fourth-order valence-corrected chi connectivity index (χ4v) is 3.41. The quantitative estimate of drug-likeness (QED) is 0.582. The lowest BCUT2D eigenvalue weighted by molar-refractivity contribution is 0.102. The van der Waals surface area contributed by atoms with Crippen LogP contribution < -0.4 is 0 Å². The van der Waals surface area contributed by atoms with Crippen molar-refractivity contribution in [2.24, 2.45) is 0 Å². The van der Waals surface area contributed by atoms with Crippen LogP contribution in [0.25, 0.3) is 0 Å². The topological polar surface area (TPSA) is 17.1 Å². The summed E-state index contributed by atoms with van der Waals surface area (Å²) in [6.45, 7) is 0. The van der Waals surface area contributed by atoms with Crippen molar-refractivity contribution < 1.29 is 4.79 Å². The van der Waals surface area contributed by atoms with Crippen LogP contribution in [-0.4, -0.2) is 11.5 Å². The third-order valence-corrected chi connectivity index (χ3v) is 4.52. The molecule has 0 saturated heterocycles. The SMILES string of the molecule is O=C(CSc1cccc(Cl)c1)c1ccc(Cl)s1. The van der Waals surface area contributed by atoms with Crippen molar-refractivity contribution in [3.8, 4) is 0 Å². The van der Waals surface area contributed by atoms with Crippen LogP contribution in [0.4, 0.5) is 0 Å². The third kappa shape index (κ3) is 3.75. The number of rotatable bonds is 4. The number of ketones is 1. The minimum absolute atomic E-state index is 0.0897. The van der Waals surface area contributed by atoms with Crippen molar-refractivity contribution in [2.75, 3.05) is 5.75 Å². The predicted molar refractivity (Wildman–Crippen MR) is 75.8 cm³/mol. The summed E-state index contributed by atoms with van der Waals surface area (Å²) in [5.74, 6) is 0.490. The molecule has 0 unspecified atom stereocenters. The zero-order valence-electron chi connectivity index (χ0n) is 8.65. The predicted octanol–water partition coefficient (Wildman–Crippen LogP) is 5.03. The zero-order valence-corrected chi connectivity index (χ0v) is 11.8. The molecule has 0 saturated carbocycles. The highest BCUT2D eigenvalue weighted by molar-refractivity contribution is 8.00. The molecule has 0 N–H and O–H groups in total. The molecule has 0 aliphatic heterocycles. The summed E-state index contributed by atoms with van der Waals surface area (Å²) in [5.41, 5.74) is 0. The number of halogens is 2. The molecule has 1 nitrogen and oxygen atoms in total. The Morgan fingerprint density at radius 3 is 2.71 bits per heavy atom. The van der Waals surface area contributed by atoms with E-state index in [-0.39, 0.29) is 5.78 Å². The van der Waals surface area contributed by atoms with Gasteiger partial charge in [-0.2, -0.15) is 0 Å². The molecule has 5 heteroatoms. The van der Waals surface area contributed by atoms with Gasteiger partial charge in [0.2, 0.25) is 0 Å². The van der Waals surface area contributed by atoms with E-state index in [0.717, 1.165) is 4.90 Å². The van der Waals surface area contributed by atoms with Gasteiger partial charge in [0.25, 0.3) is 0 Å². The van der Waals surface area contributed by atoms with Crippen molar-refractivity contribution in [1.29, 1.82) is 0 Å². The molecule has 0 fully saturated rings. The first kappa shape index (κ1) is 13.0. The molecule has 17 heavy (non-hydrogen) atoms. The highest BCUT2D eigenvalue weighted by atomic mass is 35.5. The van der Waals surface area contributed by atoms with Gasteiger partial charge in [-0.1, -0.05) is 29.3 Å². The molecule has 0 spiro atoms. The maximum absolute atomic E-state index is 11.8. The van der Waals surface area contributed by atoms with E-state index in [2.05, 4.69) is 0 Å². The molecule has 1 aromatic carbocycles. The van der Waals surface area contributed by atoms with Gasteiger partial charge in [0, 0.05) is 9.92 Å².